The van der Waals surface area contributed by atoms with Gasteiger partial charge in [0, 0.05) is 37.6 Å². The normalized spacial score (nSPS) is 16.9. The Labute approximate surface area is 119 Å². The Balaban J connectivity index is 1.84. The van der Waals surface area contributed by atoms with Crippen molar-refractivity contribution in [3.05, 3.63) is 36.9 Å². The van der Waals surface area contributed by atoms with E-state index < -0.39 is 0 Å². The first-order valence-corrected chi connectivity index (χ1v) is 6.99. The summed E-state index contributed by atoms with van der Waals surface area (Å²) in [6.45, 7) is 4.26. The van der Waals surface area contributed by atoms with Gasteiger partial charge < -0.3 is 9.80 Å². The van der Waals surface area contributed by atoms with Crippen molar-refractivity contribution in [1.29, 1.82) is 0 Å². The van der Waals surface area contributed by atoms with Crippen molar-refractivity contribution in [1.82, 2.24) is 19.9 Å². The highest BCUT2D eigenvalue weighted by Gasteiger charge is 2.14. The van der Waals surface area contributed by atoms with E-state index in [1.807, 2.05) is 24.5 Å². The summed E-state index contributed by atoms with van der Waals surface area (Å²) in [5.74, 6) is 0.967. The molecule has 0 unspecified atom stereocenters. The minimum absolute atomic E-state index is 0.905. The van der Waals surface area contributed by atoms with Gasteiger partial charge in [-0.3, -0.25) is 9.97 Å². The molecule has 0 saturated carbocycles. The molecule has 1 saturated heterocycles. The van der Waals surface area contributed by atoms with Gasteiger partial charge in [0.15, 0.2) is 0 Å². The largest absolute Gasteiger partial charge is 0.354 e. The van der Waals surface area contributed by atoms with Crippen LogP contribution in [-0.4, -0.2) is 53.1 Å². The van der Waals surface area contributed by atoms with Crippen LogP contribution in [-0.2, 0) is 0 Å². The maximum Gasteiger partial charge on any atom is 0.147 e. The summed E-state index contributed by atoms with van der Waals surface area (Å²) in [4.78, 5) is 17.8. The summed E-state index contributed by atoms with van der Waals surface area (Å²) in [7, 11) is 2.17. The third kappa shape index (κ3) is 2.93. The molecular weight excluding hydrogens is 250 g/mol. The summed E-state index contributed by atoms with van der Waals surface area (Å²) >= 11 is 0. The van der Waals surface area contributed by atoms with Crippen LogP contribution in [0.25, 0.3) is 11.3 Å². The summed E-state index contributed by atoms with van der Waals surface area (Å²) in [5.41, 5.74) is 1.96. The van der Waals surface area contributed by atoms with E-state index in [1.165, 1.54) is 0 Å². The van der Waals surface area contributed by atoms with E-state index in [2.05, 4.69) is 26.8 Å². The number of likely N-dealkylation sites (N-methyl/N-ethyl adjacent to an activating group) is 1. The van der Waals surface area contributed by atoms with Crippen molar-refractivity contribution in [2.45, 2.75) is 6.42 Å². The zero-order chi connectivity index (χ0) is 13.8. The van der Waals surface area contributed by atoms with E-state index in [1.54, 1.807) is 12.4 Å². The van der Waals surface area contributed by atoms with Crippen molar-refractivity contribution in [2.24, 2.45) is 0 Å². The maximum atomic E-state index is 4.75. The first kappa shape index (κ1) is 13.0. The Hall–Kier alpha value is -2.01. The monoisotopic (exact) mass is 269 g/mol. The van der Waals surface area contributed by atoms with Crippen LogP contribution in [0.5, 0.6) is 0 Å². The lowest BCUT2D eigenvalue weighted by Gasteiger charge is -2.21. The van der Waals surface area contributed by atoms with E-state index in [0.29, 0.717) is 0 Å². The lowest BCUT2D eigenvalue weighted by atomic mass is 10.2. The van der Waals surface area contributed by atoms with E-state index in [-0.39, 0.29) is 0 Å². The van der Waals surface area contributed by atoms with Crippen molar-refractivity contribution in [3.63, 3.8) is 0 Å². The zero-order valence-electron chi connectivity index (χ0n) is 11.7. The average Bonchev–Trinajstić information content (AvgIpc) is 2.73. The zero-order valence-corrected chi connectivity index (χ0v) is 11.7. The van der Waals surface area contributed by atoms with Gasteiger partial charge in [-0.15, -0.1) is 0 Å². The molecule has 0 bridgehead atoms. The third-order valence-corrected chi connectivity index (χ3v) is 3.64. The topological polar surface area (TPSA) is 45.2 Å². The van der Waals surface area contributed by atoms with E-state index in [9.17, 15) is 0 Å². The fourth-order valence-corrected chi connectivity index (χ4v) is 2.45. The molecule has 0 atom stereocenters. The number of nitrogens with zero attached hydrogens (tertiary/aromatic N) is 5. The van der Waals surface area contributed by atoms with Crippen LogP contribution in [0.2, 0.25) is 0 Å². The van der Waals surface area contributed by atoms with Gasteiger partial charge in [0.1, 0.15) is 5.82 Å². The molecule has 1 fully saturated rings. The molecule has 3 heterocycles. The molecule has 1 aliphatic heterocycles. The quantitative estimate of drug-likeness (QED) is 0.830. The van der Waals surface area contributed by atoms with E-state index >= 15 is 0 Å². The Morgan fingerprint density at radius 2 is 1.80 bits per heavy atom. The third-order valence-electron chi connectivity index (χ3n) is 3.64. The molecule has 5 nitrogen and oxygen atoms in total. The van der Waals surface area contributed by atoms with E-state index in [4.69, 9.17) is 4.98 Å². The molecule has 0 spiro atoms. The van der Waals surface area contributed by atoms with Gasteiger partial charge in [-0.2, -0.15) is 0 Å². The van der Waals surface area contributed by atoms with Crippen molar-refractivity contribution >= 4 is 5.82 Å². The van der Waals surface area contributed by atoms with Crippen LogP contribution in [0, 0.1) is 0 Å². The molecule has 0 aliphatic carbocycles. The first-order valence-electron chi connectivity index (χ1n) is 6.99. The summed E-state index contributed by atoms with van der Waals surface area (Å²) in [5, 5.41) is 0. The molecule has 5 heteroatoms. The molecule has 1 aliphatic rings. The molecule has 0 aromatic carbocycles. The molecule has 0 radical (unpaired) electrons. The van der Waals surface area contributed by atoms with Crippen LogP contribution in [0.1, 0.15) is 6.42 Å². The van der Waals surface area contributed by atoms with Gasteiger partial charge in [-0.1, -0.05) is 0 Å². The van der Waals surface area contributed by atoms with Gasteiger partial charge >= 0.3 is 0 Å². The van der Waals surface area contributed by atoms with Crippen LogP contribution in [0.15, 0.2) is 36.9 Å². The van der Waals surface area contributed by atoms with Gasteiger partial charge in [0.2, 0.25) is 0 Å². The number of hydrogen-bond donors (Lipinski definition) is 0. The second kappa shape index (κ2) is 5.96. The van der Waals surface area contributed by atoms with Gasteiger partial charge in [-0.05, 0) is 32.1 Å². The molecule has 0 N–H and O–H groups in total. The van der Waals surface area contributed by atoms with Crippen LogP contribution in [0.4, 0.5) is 5.82 Å². The minimum atomic E-state index is 0.905. The van der Waals surface area contributed by atoms with Crippen LogP contribution in [0.3, 0.4) is 0 Å². The number of aromatic nitrogens is 3. The first-order chi connectivity index (χ1) is 9.83. The molecule has 0 amide bonds. The standard InChI is InChI=1S/C15H19N5/c1-19-7-2-8-20(10-9-19)15-12-17-11-14(18-15)13-3-5-16-6-4-13/h3-6,11-12H,2,7-10H2,1H3. The summed E-state index contributed by atoms with van der Waals surface area (Å²) in [6, 6.07) is 3.92. The maximum absolute atomic E-state index is 4.75. The predicted octanol–water partition coefficient (Wildman–Crippen LogP) is 1.68. The van der Waals surface area contributed by atoms with Crippen LogP contribution >= 0.6 is 0 Å². The second-order valence-electron chi connectivity index (χ2n) is 5.14. The number of anilines is 1. The van der Waals surface area contributed by atoms with Gasteiger partial charge in [0.25, 0.3) is 0 Å². The van der Waals surface area contributed by atoms with Crippen molar-refractivity contribution in [3.8, 4) is 11.3 Å². The summed E-state index contributed by atoms with van der Waals surface area (Å²) in [6.07, 6.45) is 8.39. The predicted molar refractivity (Wildman–Crippen MR) is 79.6 cm³/mol. The van der Waals surface area contributed by atoms with Crippen molar-refractivity contribution < 1.29 is 0 Å². The highest BCUT2D eigenvalue weighted by Crippen LogP contribution is 2.19. The van der Waals surface area contributed by atoms with E-state index in [0.717, 1.165) is 49.7 Å². The number of pyridine rings is 1. The van der Waals surface area contributed by atoms with Crippen LogP contribution < -0.4 is 4.90 Å². The number of rotatable bonds is 2. The summed E-state index contributed by atoms with van der Waals surface area (Å²) < 4.78 is 0. The molecule has 2 aromatic rings. The lowest BCUT2D eigenvalue weighted by Crippen LogP contribution is -2.29. The van der Waals surface area contributed by atoms with Gasteiger partial charge in [0.05, 0.1) is 18.1 Å². The lowest BCUT2D eigenvalue weighted by molar-refractivity contribution is 0.360. The SMILES string of the molecule is CN1CCCN(c2cncc(-c3ccncc3)n2)CC1. The molecule has 3 rings (SSSR count). The molecule has 2 aromatic heterocycles. The number of hydrogen-bond acceptors (Lipinski definition) is 5. The fourth-order valence-electron chi connectivity index (χ4n) is 2.45. The smallest absolute Gasteiger partial charge is 0.147 e. The molecule has 20 heavy (non-hydrogen) atoms. The Kier molecular flexibility index (Phi) is 3.87. The molecule has 104 valence electrons. The Morgan fingerprint density at radius 1 is 0.950 bits per heavy atom. The average molecular weight is 269 g/mol. The Morgan fingerprint density at radius 3 is 2.65 bits per heavy atom. The highest BCUT2D eigenvalue weighted by atomic mass is 15.2. The van der Waals surface area contributed by atoms with Crippen molar-refractivity contribution in [2.75, 3.05) is 38.1 Å². The minimum Gasteiger partial charge on any atom is -0.354 e. The Bertz CT molecular complexity index is 557. The second-order valence-corrected chi connectivity index (χ2v) is 5.14. The van der Waals surface area contributed by atoms with Gasteiger partial charge in [-0.25, -0.2) is 4.98 Å². The molecular formula is C15H19N5. The highest BCUT2D eigenvalue weighted by molar-refractivity contribution is 5.59. The fraction of sp³-hybridized carbons (Fsp3) is 0.400.